The van der Waals surface area contributed by atoms with Crippen LogP contribution in [0.4, 0.5) is 47.3 Å². The highest BCUT2D eigenvalue weighted by Gasteiger charge is 2.34. The van der Waals surface area contributed by atoms with Crippen LogP contribution in [-0.2, 0) is 9.47 Å². The predicted octanol–water partition coefficient (Wildman–Crippen LogP) is 12.2. The quantitative estimate of drug-likeness (QED) is 0.0985. The van der Waals surface area contributed by atoms with Crippen molar-refractivity contribution in [2.24, 2.45) is 0 Å². The molecule has 2 aromatic carbocycles. The number of aromatic nitrogens is 4. The number of carbonyl (C=O) groups is 2. The van der Waals surface area contributed by atoms with E-state index in [1.54, 1.807) is 124 Å². The molecule has 0 atom stereocenters. The molecule has 0 radical (unpaired) electrons. The molecule has 6 aromatic rings. The number of rotatable bonds is 10. The Balaban J connectivity index is 0.000000231. The maximum atomic E-state index is 13.0. The molecule has 19 heteroatoms. The molecule has 0 unspecified atom stereocenters. The van der Waals surface area contributed by atoms with Gasteiger partial charge in [-0.25, -0.2) is 19.6 Å². The third-order valence-electron chi connectivity index (χ3n) is 7.96. The molecule has 0 aliphatic rings. The van der Waals surface area contributed by atoms with Gasteiger partial charge < -0.3 is 23.3 Å². The fourth-order valence-corrected chi connectivity index (χ4v) is 6.00. The average Bonchev–Trinajstić information content (AvgIpc) is 3.77. The summed E-state index contributed by atoms with van der Waals surface area (Å²) in [5.74, 6) is 1.76. The van der Waals surface area contributed by atoms with Crippen LogP contribution in [0.5, 0.6) is 23.0 Å². The lowest BCUT2D eigenvalue weighted by Crippen LogP contribution is -2.39. The number of imidazole rings is 2. The zero-order valence-corrected chi connectivity index (χ0v) is 36.1. The summed E-state index contributed by atoms with van der Waals surface area (Å²) in [7, 11) is 0. The highest BCUT2D eigenvalue weighted by molar-refractivity contribution is 14.1. The van der Waals surface area contributed by atoms with Crippen molar-refractivity contribution in [1.82, 2.24) is 18.8 Å². The van der Waals surface area contributed by atoms with E-state index in [4.69, 9.17) is 18.9 Å². The van der Waals surface area contributed by atoms with Crippen LogP contribution in [-0.4, -0.2) is 67.6 Å². The summed E-state index contributed by atoms with van der Waals surface area (Å²) in [5.41, 5.74) is -0.813. The first-order chi connectivity index (χ1) is 28.4. The minimum absolute atomic E-state index is 0.159. The first kappa shape index (κ1) is 46.3. The van der Waals surface area contributed by atoms with Crippen LogP contribution in [0.25, 0.3) is 11.3 Å². The molecule has 0 aliphatic heterocycles. The molecule has 0 saturated carbocycles. The number of fused-ring (bicyclic) bond motifs is 2. The second-order valence-corrected chi connectivity index (χ2v) is 16.5. The zero-order valence-electron chi connectivity index (χ0n) is 33.9. The van der Waals surface area contributed by atoms with Crippen molar-refractivity contribution >= 4 is 57.4 Å². The summed E-state index contributed by atoms with van der Waals surface area (Å²) >= 11 is 2.05. The van der Waals surface area contributed by atoms with Gasteiger partial charge in [-0.3, -0.25) is 14.2 Å². The van der Waals surface area contributed by atoms with Crippen molar-refractivity contribution in [3.05, 3.63) is 107 Å². The largest absolute Gasteiger partial charge is 0.456 e. The molecule has 4 aromatic heterocycles. The number of alkyl halides is 6. The first-order valence-electron chi connectivity index (χ1n) is 18.7. The standard InChI is InChI=1S/C21H21F3IN3O3.C21H22F3N3O3/c1-20(2,3)31-19(29)27(10-9-21(22,23)24)16-11-15(30-14-7-5-4-6-8-14)13-28-17(25)12-26-18(16)28;1-20(2,3)30-19(28)27(11-9-21(22,23)24)17-13-16(14-26-12-10-25-18(17)26)29-15-7-5-4-6-8-15/h4-8,11-13H,9-10H2,1-3H3;4-8,10,12-14H,9,11H2,1-3H3. The number of amides is 2. The van der Waals surface area contributed by atoms with Gasteiger partial charge >= 0.3 is 24.5 Å². The number of ether oxygens (including phenoxy) is 4. The zero-order chi connectivity index (χ0) is 44.8. The van der Waals surface area contributed by atoms with Crippen molar-refractivity contribution in [2.45, 2.75) is 77.9 Å². The number of carbonyl (C=O) groups excluding carboxylic acids is 2. The van der Waals surface area contributed by atoms with Crippen LogP contribution >= 0.6 is 22.6 Å². The Hall–Kier alpha value is -5.73. The number of hydrogen-bond donors (Lipinski definition) is 0. The smallest absolute Gasteiger partial charge is 0.414 e. The number of anilines is 2. The summed E-state index contributed by atoms with van der Waals surface area (Å²) in [6, 6.07) is 20.8. The average molecular weight is 969 g/mol. The summed E-state index contributed by atoms with van der Waals surface area (Å²) in [5, 5.41) is 0. The van der Waals surface area contributed by atoms with Crippen molar-refractivity contribution in [1.29, 1.82) is 0 Å². The Morgan fingerprint density at radius 3 is 1.52 bits per heavy atom. The Bertz CT molecular complexity index is 2410. The number of benzene rings is 2. The van der Waals surface area contributed by atoms with Gasteiger partial charge in [-0.2, -0.15) is 26.3 Å². The highest BCUT2D eigenvalue weighted by Crippen LogP contribution is 2.34. The normalized spacial score (nSPS) is 12.1. The third-order valence-corrected chi connectivity index (χ3v) is 8.76. The number of halogens is 7. The molecule has 61 heavy (non-hydrogen) atoms. The summed E-state index contributed by atoms with van der Waals surface area (Å²) in [6.45, 7) is 8.65. The van der Waals surface area contributed by atoms with Crippen molar-refractivity contribution < 1.29 is 54.9 Å². The molecule has 0 N–H and O–H groups in total. The summed E-state index contributed by atoms with van der Waals surface area (Å²) in [4.78, 5) is 36.0. The van der Waals surface area contributed by atoms with Gasteiger partial charge in [-0.05, 0) is 88.4 Å². The topological polar surface area (TPSA) is 112 Å². The van der Waals surface area contributed by atoms with Crippen LogP contribution in [0, 0.1) is 3.70 Å². The molecular weight excluding hydrogens is 925 g/mol. The van der Waals surface area contributed by atoms with Crippen LogP contribution in [0.2, 0.25) is 0 Å². The van der Waals surface area contributed by atoms with E-state index in [0.717, 1.165) is 9.80 Å². The number of para-hydroxylation sites is 2. The lowest BCUT2D eigenvalue weighted by molar-refractivity contribution is -0.133. The molecule has 0 aliphatic carbocycles. The number of hydrogen-bond acceptors (Lipinski definition) is 8. The van der Waals surface area contributed by atoms with E-state index in [1.165, 1.54) is 18.3 Å². The fraction of sp³-hybridized carbons (Fsp3) is 0.333. The van der Waals surface area contributed by atoms with Crippen LogP contribution in [0.3, 0.4) is 0 Å². The third kappa shape index (κ3) is 13.9. The summed E-state index contributed by atoms with van der Waals surface area (Å²) < 4.78 is 104. The van der Waals surface area contributed by atoms with Gasteiger partial charge in [0.2, 0.25) is 0 Å². The van der Waals surface area contributed by atoms with Gasteiger partial charge in [0.1, 0.15) is 37.9 Å². The SMILES string of the molecule is CC(C)(C)OC(=O)N(CCC(F)(F)F)c1cc(Oc2ccccc2)cn2c(I)cnc12.CC(C)(C)OC(=O)N(CCC(F)(F)F)c1cc(Oc2ccccc2)cn2ccnc12. The van der Waals surface area contributed by atoms with Gasteiger partial charge in [-0.1, -0.05) is 36.4 Å². The minimum atomic E-state index is -4.45. The molecule has 4 heterocycles. The van der Waals surface area contributed by atoms with Gasteiger partial charge in [0.25, 0.3) is 0 Å². The van der Waals surface area contributed by atoms with Crippen molar-refractivity contribution in [2.75, 3.05) is 22.9 Å². The van der Waals surface area contributed by atoms with E-state index in [-0.39, 0.29) is 11.4 Å². The molecular formula is C42H43F6IN6O6. The van der Waals surface area contributed by atoms with Crippen LogP contribution < -0.4 is 19.3 Å². The molecule has 326 valence electrons. The summed E-state index contributed by atoms with van der Waals surface area (Å²) in [6.07, 6.45) is -5.10. The van der Waals surface area contributed by atoms with Gasteiger partial charge in [0.05, 0.1) is 42.8 Å². The maximum Gasteiger partial charge on any atom is 0.414 e. The van der Waals surface area contributed by atoms with E-state index < -0.39 is 61.7 Å². The molecule has 2 amide bonds. The van der Waals surface area contributed by atoms with Gasteiger partial charge in [-0.15, -0.1) is 0 Å². The van der Waals surface area contributed by atoms with E-state index in [2.05, 4.69) is 9.97 Å². The highest BCUT2D eigenvalue weighted by atomic mass is 127. The van der Waals surface area contributed by atoms with Gasteiger partial charge in [0.15, 0.2) is 11.3 Å². The van der Waals surface area contributed by atoms with E-state index in [9.17, 15) is 35.9 Å². The maximum absolute atomic E-state index is 13.0. The second kappa shape index (κ2) is 18.9. The molecule has 0 saturated heterocycles. The molecule has 0 bridgehead atoms. The van der Waals surface area contributed by atoms with Crippen molar-refractivity contribution in [3.63, 3.8) is 0 Å². The molecule has 6 rings (SSSR count). The van der Waals surface area contributed by atoms with E-state index in [1.807, 2.05) is 34.7 Å². The molecule has 12 nitrogen and oxygen atoms in total. The number of nitrogens with zero attached hydrogens (tertiary/aromatic N) is 6. The van der Waals surface area contributed by atoms with Gasteiger partial charge in [0, 0.05) is 37.6 Å². The fourth-order valence-electron chi connectivity index (χ4n) is 5.49. The molecule has 0 spiro atoms. The minimum Gasteiger partial charge on any atom is -0.456 e. The van der Waals surface area contributed by atoms with Crippen LogP contribution in [0.15, 0.2) is 104 Å². The van der Waals surface area contributed by atoms with E-state index in [0.29, 0.717) is 38.0 Å². The van der Waals surface area contributed by atoms with Crippen molar-refractivity contribution in [3.8, 4) is 23.0 Å². The predicted molar refractivity (Wildman–Crippen MR) is 225 cm³/mol. The first-order valence-corrected chi connectivity index (χ1v) is 19.8. The Morgan fingerprint density at radius 2 is 1.08 bits per heavy atom. The van der Waals surface area contributed by atoms with E-state index >= 15 is 0 Å². The number of pyridine rings is 2. The lowest BCUT2D eigenvalue weighted by atomic mass is 10.2. The lowest BCUT2D eigenvalue weighted by Gasteiger charge is -2.28. The Morgan fingerprint density at radius 1 is 0.639 bits per heavy atom. The monoisotopic (exact) mass is 968 g/mol. The Labute approximate surface area is 361 Å². The molecule has 0 fully saturated rings. The van der Waals surface area contributed by atoms with Crippen LogP contribution in [0.1, 0.15) is 54.4 Å². The second-order valence-electron chi connectivity index (χ2n) is 15.4. The Kier molecular flexibility index (Phi) is 14.4.